The number of rotatable bonds is 4. The minimum absolute atomic E-state index is 0.238. The molecule has 0 bridgehead atoms. The van der Waals surface area contributed by atoms with Crippen molar-refractivity contribution in [3.8, 4) is 0 Å². The Morgan fingerprint density at radius 2 is 2.13 bits per heavy atom. The van der Waals surface area contributed by atoms with Crippen molar-refractivity contribution in [3.63, 3.8) is 0 Å². The Balaban J connectivity index is 2.31. The lowest BCUT2D eigenvalue weighted by atomic mass is 10.2. The summed E-state index contributed by atoms with van der Waals surface area (Å²) >= 11 is 0. The minimum Gasteiger partial charge on any atom is -0.307 e. The third-order valence-corrected chi connectivity index (χ3v) is 1.79. The Bertz CT molecular complexity index is 307. The number of nitrogens with one attached hydrogen (secondary N) is 2. The Labute approximate surface area is 85.3 Å². The first-order valence-electron chi connectivity index (χ1n) is 4.55. The lowest BCUT2D eigenvalue weighted by Crippen LogP contribution is -2.31. The lowest BCUT2D eigenvalue weighted by molar-refractivity contribution is -0.139. The third-order valence-electron chi connectivity index (χ3n) is 1.79. The average Bonchev–Trinajstić information content (AvgIpc) is 2.45. The van der Waals surface area contributed by atoms with Gasteiger partial charge in [-0.05, 0) is 13.8 Å². The van der Waals surface area contributed by atoms with E-state index in [0.717, 1.165) is 0 Å². The first-order valence-corrected chi connectivity index (χ1v) is 4.55. The molecule has 0 aromatic carbocycles. The Kier molecular flexibility index (Phi) is 3.67. The SMILES string of the molecule is Cc1nc(CNC(C)CC(F)(F)F)n[nH]1. The van der Waals surface area contributed by atoms with Gasteiger partial charge in [-0.15, -0.1) is 0 Å². The van der Waals surface area contributed by atoms with Gasteiger partial charge in [0, 0.05) is 6.04 Å². The zero-order valence-corrected chi connectivity index (χ0v) is 8.52. The number of nitrogens with zero attached hydrogens (tertiary/aromatic N) is 2. The van der Waals surface area contributed by atoms with Gasteiger partial charge in [0.15, 0.2) is 5.82 Å². The number of hydrogen-bond donors (Lipinski definition) is 2. The van der Waals surface area contributed by atoms with Gasteiger partial charge in [0.2, 0.25) is 0 Å². The molecule has 0 fully saturated rings. The van der Waals surface area contributed by atoms with E-state index in [0.29, 0.717) is 11.6 Å². The van der Waals surface area contributed by atoms with Crippen LogP contribution in [0.4, 0.5) is 13.2 Å². The van der Waals surface area contributed by atoms with Crippen LogP contribution < -0.4 is 5.32 Å². The number of aromatic nitrogens is 3. The van der Waals surface area contributed by atoms with Crippen LogP contribution in [0.3, 0.4) is 0 Å². The molecule has 0 aliphatic carbocycles. The van der Waals surface area contributed by atoms with Crippen LogP contribution in [0.25, 0.3) is 0 Å². The summed E-state index contributed by atoms with van der Waals surface area (Å²) in [6.45, 7) is 3.45. The Morgan fingerprint density at radius 1 is 1.47 bits per heavy atom. The molecule has 0 amide bonds. The van der Waals surface area contributed by atoms with E-state index in [-0.39, 0.29) is 6.54 Å². The molecule has 1 heterocycles. The second-order valence-electron chi connectivity index (χ2n) is 3.44. The Hall–Kier alpha value is -1.11. The summed E-state index contributed by atoms with van der Waals surface area (Å²) in [4.78, 5) is 3.97. The van der Waals surface area contributed by atoms with Gasteiger partial charge in [0.05, 0.1) is 13.0 Å². The van der Waals surface area contributed by atoms with E-state index in [1.54, 1.807) is 6.92 Å². The number of halogens is 3. The monoisotopic (exact) mass is 222 g/mol. The van der Waals surface area contributed by atoms with Crippen LogP contribution in [0, 0.1) is 6.92 Å². The molecule has 15 heavy (non-hydrogen) atoms. The fourth-order valence-electron chi connectivity index (χ4n) is 1.15. The highest BCUT2D eigenvalue weighted by Crippen LogP contribution is 2.21. The van der Waals surface area contributed by atoms with Crippen molar-refractivity contribution in [1.29, 1.82) is 0 Å². The summed E-state index contributed by atoms with van der Waals surface area (Å²) < 4.78 is 35.9. The van der Waals surface area contributed by atoms with E-state index in [1.165, 1.54) is 6.92 Å². The van der Waals surface area contributed by atoms with E-state index < -0.39 is 18.6 Å². The van der Waals surface area contributed by atoms with Crippen LogP contribution in [0.2, 0.25) is 0 Å². The smallest absolute Gasteiger partial charge is 0.307 e. The molecule has 1 unspecified atom stereocenters. The van der Waals surface area contributed by atoms with Gasteiger partial charge < -0.3 is 5.32 Å². The van der Waals surface area contributed by atoms with Crippen molar-refractivity contribution < 1.29 is 13.2 Å². The van der Waals surface area contributed by atoms with Crippen molar-refractivity contribution in [2.75, 3.05) is 0 Å². The van der Waals surface area contributed by atoms with Gasteiger partial charge in [-0.1, -0.05) is 0 Å². The number of aryl methyl sites for hydroxylation is 1. The zero-order valence-electron chi connectivity index (χ0n) is 8.52. The normalized spacial score (nSPS) is 14.2. The van der Waals surface area contributed by atoms with Gasteiger partial charge >= 0.3 is 6.18 Å². The highest BCUT2D eigenvalue weighted by atomic mass is 19.4. The second-order valence-corrected chi connectivity index (χ2v) is 3.44. The molecule has 1 rings (SSSR count). The maximum absolute atomic E-state index is 12.0. The van der Waals surface area contributed by atoms with Gasteiger partial charge in [-0.2, -0.15) is 18.3 Å². The summed E-state index contributed by atoms with van der Waals surface area (Å²) in [6.07, 6.45) is -4.99. The highest BCUT2D eigenvalue weighted by molar-refractivity contribution is 4.87. The summed E-state index contributed by atoms with van der Waals surface area (Å²) in [5.74, 6) is 1.12. The maximum Gasteiger partial charge on any atom is 0.390 e. The van der Waals surface area contributed by atoms with Gasteiger partial charge in [-0.3, -0.25) is 5.10 Å². The molecule has 7 heteroatoms. The zero-order chi connectivity index (χ0) is 11.5. The number of aromatic amines is 1. The Morgan fingerprint density at radius 3 is 2.60 bits per heavy atom. The van der Waals surface area contributed by atoms with Crippen LogP contribution in [0.5, 0.6) is 0 Å². The third kappa shape index (κ3) is 4.78. The summed E-state index contributed by atoms with van der Waals surface area (Å²) in [5, 5.41) is 9.13. The molecule has 0 radical (unpaired) electrons. The largest absolute Gasteiger partial charge is 0.390 e. The molecule has 1 aromatic heterocycles. The van der Waals surface area contributed by atoms with Gasteiger partial charge in [0.1, 0.15) is 5.82 Å². The lowest BCUT2D eigenvalue weighted by Gasteiger charge is -2.14. The van der Waals surface area contributed by atoms with E-state index in [1.807, 2.05) is 0 Å². The number of alkyl halides is 3. The topological polar surface area (TPSA) is 53.6 Å². The first kappa shape index (κ1) is 12.0. The highest BCUT2D eigenvalue weighted by Gasteiger charge is 2.29. The molecule has 1 atom stereocenters. The predicted molar refractivity (Wildman–Crippen MR) is 48.1 cm³/mol. The molecule has 0 saturated carbocycles. The molecular formula is C8H13F3N4. The van der Waals surface area contributed by atoms with Crippen LogP contribution in [-0.2, 0) is 6.54 Å². The van der Waals surface area contributed by atoms with Crippen molar-refractivity contribution in [2.24, 2.45) is 0 Å². The van der Waals surface area contributed by atoms with Crippen molar-refractivity contribution in [3.05, 3.63) is 11.6 Å². The molecule has 1 aromatic rings. The summed E-state index contributed by atoms with van der Waals surface area (Å²) in [7, 11) is 0. The number of hydrogen-bond acceptors (Lipinski definition) is 3. The quantitative estimate of drug-likeness (QED) is 0.812. The van der Waals surface area contributed by atoms with Crippen LogP contribution >= 0.6 is 0 Å². The molecule has 0 aliphatic heterocycles. The molecule has 86 valence electrons. The van der Waals surface area contributed by atoms with E-state index >= 15 is 0 Å². The standard InChI is InChI=1S/C8H13F3N4/c1-5(3-8(9,10)11)12-4-7-13-6(2)14-15-7/h5,12H,3-4H2,1-2H3,(H,13,14,15). The fraction of sp³-hybridized carbons (Fsp3) is 0.750. The van der Waals surface area contributed by atoms with E-state index in [2.05, 4.69) is 20.5 Å². The van der Waals surface area contributed by atoms with Crippen molar-refractivity contribution in [2.45, 2.75) is 39.0 Å². The first-order chi connectivity index (χ1) is 6.87. The molecule has 0 aliphatic rings. The molecular weight excluding hydrogens is 209 g/mol. The van der Waals surface area contributed by atoms with Crippen LogP contribution in [0.15, 0.2) is 0 Å². The second kappa shape index (κ2) is 4.61. The molecule has 2 N–H and O–H groups in total. The van der Waals surface area contributed by atoms with Gasteiger partial charge in [-0.25, -0.2) is 4.98 Å². The van der Waals surface area contributed by atoms with E-state index in [4.69, 9.17) is 0 Å². The van der Waals surface area contributed by atoms with E-state index in [9.17, 15) is 13.2 Å². The van der Waals surface area contributed by atoms with Crippen LogP contribution in [-0.4, -0.2) is 27.4 Å². The summed E-state index contributed by atoms with van der Waals surface area (Å²) in [6, 6.07) is -0.635. The van der Waals surface area contributed by atoms with Gasteiger partial charge in [0.25, 0.3) is 0 Å². The fourth-order valence-corrected chi connectivity index (χ4v) is 1.15. The average molecular weight is 222 g/mol. The van der Waals surface area contributed by atoms with Crippen molar-refractivity contribution in [1.82, 2.24) is 20.5 Å². The number of H-pyrrole nitrogens is 1. The molecule has 0 spiro atoms. The molecule has 4 nitrogen and oxygen atoms in total. The molecule has 0 saturated heterocycles. The summed E-state index contributed by atoms with van der Waals surface area (Å²) in [5.41, 5.74) is 0. The van der Waals surface area contributed by atoms with Crippen LogP contribution in [0.1, 0.15) is 25.0 Å². The van der Waals surface area contributed by atoms with Crippen molar-refractivity contribution >= 4 is 0 Å². The predicted octanol–water partition coefficient (Wildman–Crippen LogP) is 1.54. The minimum atomic E-state index is -4.14. The maximum atomic E-state index is 12.0.